The monoisotopic (exact) mass is 258 g/mol. The molecule has 1 aliphatic rings. The van der Waals surface area contributed by atoms with Gasteiger partial charge in [0.15, 0.2) is 5.41 Å². The zero-order valence-corrected chi connectivity index (χ0v) is 11.3. The number of carbonyl (C=O) groups is 2. The van der Waals surface area contributed by atoms with Gasteiger partial charge < -0.3 is 14.6 Å². The van der Waals surface area contributed by atoms with Crippen molar-refractivity contribution in [1.82, 2.24) is 0 Å². The second kappa shape index (κ2) is 6.18. The molecular weight excluding hydrogens is 236 g/mol. The highest BCUT2D eigenvalue weighted by Crippen LogP contribution is 2.44. The first-order valence-corrected chi connectivity index (χ1v) is 6.33. The average molecular weight is 258 g/mol. The van der Waals surface area contributed by atoms with Gasteiger partial charge in [0.05, 0.1) is 13.2 Å². The molecule has 0 aliphatic heterocycles. The first kappa shape index (κ1) is 15.0. The largest absolute Gasteiger partial charge is 0.480 e. The van der Waals surface area contributed by atoms with Crippen LogP contribution in [0.4, 0.5) is 0 Å². The summed E-state index contributed by atoms with van der Waals surface area (Å²) in [6, 6.07) is 0. The summed E-state index contributed by atoms with van der Waals surface area (Å²) in [5.74, 6) is -1.89. The van der Waals surface area contributed by atoms with Gasteiger partial charge in [-0.05, 0) is 25.7 Å². The lowest BCUT2D eigenvalue weighted by molar-refractivity contribution is -0.175. The SMILES string of the molecule is COC(=O)C(CC(C)OC)(C(=O)O)C1CCCC1. The Morgan fingerprint density at radius 1 is 1.33 bits per heavy atom. The highest BCUT2D eigenvalue weighted by atomic mass is 16.5. The Morgan fingerprint density at radius 2 is 1.89 bits per heavy atom. The summed E-state index contributed by atoms with van der Waals surface area (Å²) in [5, 5.41) is 9.57. The summed E-state index contributed by atoms with van der Waals surface area (Å²) in [4.78, 5) is 23.8. The quantitative estimate of drug-likeness (QED) is 0.581. The molecule has 1 saturated carbocycles. The fourth-order valence-corrected chi connectivity index (χ4v) is 2.90. The normalized spacial score (nSPS) is 21.3. The molecule has 1 fully saturated rings. The van der Waals surface area contributed by atoms with E-state index in [-0.39, 0.29) is 18.4 Å². The van der Waals surface area contributed by atoms with Crippen LogP contribution in [0.15, 0.2) is 0 Å². The van der Waals surface area contributed by atoms with E-state index in [1.165, 1.54) is 14.2 Å². The third kappa shape index (κ3) is 2.66. The smallest absolute Gasteiger partial charge is 0.323 e. The zero-order chi connectivity index (χ0) is 13.8. The van der Waals surface area contributed by atoms with Gasteiger partial charge in [0.1, 0.15) is 0 Å². The van der Waals surface area contributed by atoms with Gasteiger partial charge in [0.25, 0.3) is 0 Å². The lowest BCUT2D eigenvalue weighted by Gasteiger charge is -2.34. The number of aliphatic carboxylic acids is 1. The van der Waals surface area contributed by atoms with Crippen LogP contribution in [0.1, 0.15) is 39.0 Å². The van der Waals surface area contributed by atoms with E-state index in [1.54, 1.807) is 6.92 Å². The van der Waals surface area contributed by atoms with E-state index in [0.717, 1.165) is 25.7 Å². The van der Waals surface area contributed by atoms with Crippen molar-refractivity contribution in [2.75, 3.05) is 14.2 Å². The van der Waals surface area contributed by atoms with Gasteiger partial charge in [0.2, 0.25) is 0 Å². The fourth-order valence-electron chi connectivity index (χ4n) is 2.90. The molecular formula is C13H22O5. The molecule has 2 unspecified atom stereocenters. The molecule has 0 spiro atoms. The van der Waals surface area contributed by atoms with Crippen LogP contribution in [0.25, 0.3) is 0 Å². The lowest BCUT2D eigenvalue weighted by Crippen LogP contribution is -2.48. The van der Waals surface area contributed by atoms with Crippen LogP contribution in [0.3, 0.4) is 0 Å². The summed E-state index contributed by atoms with van der Waals surface area (Å²) >= 11 is 0. The molecule has 0 radical (unpaired) electrons. The number of carbonyl (C=O) groups excluding carboxylic acids is 1. The van der Waals surface area contributed by atoms with Crippen LogP contribution in [0.5, 0.6) is 0 Å². The Balaban J connectivity index is 3.08. The van der Waals surface area contributed by atoms with Crippen molar-refractivity contribution in [3.05, 3.63) is 0 Å². The summed E-state index contributed by atoms with van der Waals surface area (Å²) in [5.41, 5.74) is -1.46. The van der Waals surface area contributed by atoms with E-state index < -0.39 is 17.4 Å². The minimum absolute atomic E-state index is 0.153. The van der Waals surface area contributed by atoms with Gasteiger partial charge in [-0.25, -0.2) is 0 Å². The van der Waals surface area contributed by atoms with Gasteiger partial charge in [-0.3, -0.25) is 9.59 Å². The van der Waals surface area contributed by atoms with Gasteiger partial charge in [-0.1, -0.05) is 12.8 Å². The molecule has 0 aromatic rings. The van der Waals surface area contributed by atoms with Crippen molar-refractivity contribution in [2.45, 2.75) is 45.1 Å². The molecule has 5 heteroatoms. The highest BCUT2D eigenvalue weighted by Gasteiger charge is 2.54. The Kier molecular flexibility index (Phi) is 5.14. The first-order valence-electron chi connectivity index (χ1n) is 6.33. The summed E-state index contributed by atoms with van der Waals surface area (Å²) in [6.07, 6.45) is 3.34. The first-order chi connectivity index (χ1) is 8.48. The maximum absolute atomic E-state index is 12.1. The molecule has 2 atom stereocenters. The van der Waals surface area contributed by atoms with Crippen LogP contribution < -0.4 is 0 Å². The van der Waals surface area contributed by atoms with Crippen molar-refractivity contribution in [1.29, 1.82) is 0 Å². The maximum Gasteiger partial charge on any atom is 0.323 e. The van der Waals surface area contributed by atoms with Crippen molar-refractivity contribution in [2.24, 2.45) is 11.3 Å². The van der Waals surface area contributed by atoms with E-state index in [4.69, 9.17) is 9.47 Å². The third-order valence-corrected chi connectivity index (χ3v) is 4.00. The van der Waals surface area contributed by atoms with E-state index in [9.17, 15) is 14.7 Å². The van der Waals surface area contributed by atoms with Crippen LogP contribution in [0, 0.1) is 11.3 Å². The molecule has 1 aliphatic carbocycles. The van der Waals surface area contributed by atoms with Crippen LogP contribution >= 0.6 is 0 Å². The standard InChI is InChI=1S/C13H22O5/c1-9(17-2)8-13(11(14)15,12(16)18-3)10-6-4-5-7-10/h9-10H,4-8H2,1-3H3,(H,14,15). The molecule has 0 amide bonds. The molecule has 0 aromatic heterocycles. The number of carboxylic acid groups (broad SMARTS) is 1. The lowest BCUT2D eigenvalue weighted by atomic mass is 9.70. The van der Waals surface area contributed by atoms with Crippen molar-refractivity contribution in [3.8, 4) is 0 Å². The predicted molar refractivity (Wildman–Crippen MR) is 65.1 cm³/mol. The van der Waals surface area contributed by atoms with Crippen LogP contribution in [-0.4, -0.2) is 37.4 Å². The molecule has 0 bridgehead atoms. The van der Waals surface area contributed by atoms with E-state index in [2.05, 4.69) is 0 Å². The maximum atomic E-state index is 12.1. The number of carboxylic acids is 1. The van der Waals surface area contributed by atoms with Gasteiger partial charge >= 0.3 is 11.9 Å². The fraction of sp³-hybridized carbons (Fsp3) is 0.846. The Hall–Kier alpha value is -1.10. The molecule has 0 heterocycles. The van der Waals surface area contributed by atoms with Gasteiger partial charge in [-0.15, -0.1) is 0 Å². The summed E-state index contributed by atoms with van der Waals surface area (Å²) < 4.78 is 9.90. The molecule has 5 nitrogen and oxygen atoms in total. The number of rotatable bonds is 6. The summed E-state index contributed by atoms with van der Waals surface area (Å²) in [6.45, 7) is 1.77. The van der Waals surface area contributed by atoms with Gasteiger partial charge in [-0.2, -0.15) is 0 Å². The Morgan fingerprint density at radius 3 is 2.28 bits per heavy atom. The Labute approximate surface area is 107 Å². The molecule has 18 heavy (non-hydrogen) atoms. The molecule has 1 N–H and O–H groups in total. The third-order valence-electron chi connectivity index (χ3n) is 4.00. The number of hydrogen-bond acceptors (Lipinski definition) is 4. The minimum Gasteiger partial charge on any atom is -0.480 e. The van der Waals surface area contributed by atoms with E-state index >= 15 is 0 Å². The van der Waals surface area contributed by atoms with E-state index in [0.29, 0.717) is 0 Å². The molecule has 0 aromatic carbocycles. The van der Waals surface area contributed by atoms with Crippen molar-refractivity contribution in [3.63, 3.8) is 0 Å². The van der Waals surface area contributed by atoms with Gasteiger partial charge in [0, 0.05) is 13.5 Å². The van der Waals surface area contributed by atoms with Crippen molar-refractivity contribution >= 4 is 11.9 Å². The Bertz CT molecular complexity index is 309. The molecule has 104 valence electrons. The van der Waals surface area contributed by atoms with Crippen LogP contribution in [0.2, 0.25) is 0 Å². The van der Waals surface area contributed by atoms with Crippen LogP contribution in [-0.2, 0) is 19.1 Å². The minimum atomic E-state index is -1.46. The highest BCUT2D eigenvalue weighted by molar-refractivity contribution is 5.99. The topological polar surface area (TPSA) is 72.8 Å². The number of esters is 1. The van der Waals surface area contributed by atoms with E-state index in [1.807, 2.05) is 0 Å². The molecule has 1 rings (SSSR count). The predicted octanol–water partition coefficient (Wildman–Crippen LogP) is 1.85. The van der Waals surface area contributed by atoms with Crippen molar-refractivity contribution < 1.29 is 24.2 Å². The second-order valence-corrected chi connectivity index (χ2v) is 5.00. The summed E-state index contributed by atoms with van der Waals surface area (Å²) in [7, 11) is 2.76. The second-order valence-electron chi connectivity index (χ2n) is 5.00. The number of methoxy groups -OCH3 is 2. The number of hydrogen-bond donors (Lipinski definition) is 1. The average Bonchev–Trinajstić information content (AvgIpc) is 2.88. The zero-order valence-electron chi connectivity index (χ0n) is 11.3. The number of ether oxygens (including phenoxy) is 2. The molecule has 0 saturated heterocycles.